The summed E-state index contributed by atoms with van der Waals surface area (Å²) in [5.41, 5.74) is 0.292. The number of carboxylic acids is 1. The monoisotopic (exact) mass is 359 g/mol. The van der Waals surface area contributed by atoms with Gasteiger partial charge in [0.2, 0.25) is 0 Å². The number of aromatic nitrogens is 2. The van der Waals surface area contributed by atoms with Crippen LogP contribution >= 0.6 is 0 Å². The van der Waals surface area contributed by atoms with Crippen LogP contribution in [0.25, 0.3) is 5.69 Å². The summed E-state index contributed by atoms with van der Waals surface area (Å²) in [6.07, 6.45) is 0.541. The number of nitrogens with one attached hydrogen (secondary N) is 1. The molecule has 2 unspecified atom stereocenters. The molecule has 2 rings (SSSR count). The summed E-state index contributed by atoms with van der Waals surface area (Å²) in [4.78, 5) is 36.0. The quantitative estimate of drug-likeness (QED) is 0.718. The van der Waals surface area contributed by atoms with Crippen LogP contribution in [-0.2, 0) is 4.79 Å². The molecule has 2 aromatic rings. The molecule has 1 amide bonds. The van der Waals surface area contributed by atoms with Crippen LogP contribution in [0.15, 0.2) is 35.1 Å². The Morgan fingerprint density at radius 1 is 1.31 bits per heavy atom. The molecule has 0 spiro atoms. The minimum absolute atomic E-state index is 0.318. The first kappa shape index (κ1) is 19.2. The summed E-state index contributed by atoms with van der Waals surface area (Å²) in [5, 5.41) is 25.5. The Labute approximate surface area is 150 Å². The number of hydrogen-bond donors (Lipinski definition) is 3. The standard InChI is InChI=1S/C18H21N3O5/c1-4-11(3)15(18(25)26)19-17(24)16-13(22)9-14(23)21(20-16)12-7-5-6-10(2)8-12/h5-9,11,15,22H,4H2,1-3H3,(H,19,24)(H,25,26). The first-order valence-electron chi connectivity index (χ1n) is 8.18. The van der Waals surface area contributed by atoms with E-state index in [0.717, 1.165) is 16.3 Å². The van der Waals surface area contributed by atoms with Gasteiger partial charge in [-0.25, -0.2) is 4.79 Å². The lowest BCUT2D eigenvalue weighted by atomic mass is 9.99. The third-order valence-corrected chi connectivity index (χ3v) is 4.14. The van der Waals surface area contributed by atoms with Crippen LogP contribution in [0.2, 0.25) is 0 Å². The van der Waals surface area contributed by atoms with Crippen molar-refractivity contribution in [1.82, 2.24) is 15.1 Å². The second-order valence-electron chi connectivity index (χ2n) is 6.14. The van der Waals surface area contributed by atoms with Gasteiger partial charge in [0.25, 0.3) is 11.5 Å². The maximum atomic E-state index is 12.5. The van der Waals surface area contributed by atoms with Crippen molar-refractivity contribution in [1.29, 1.82) is 0 Å². The summed E-state index contributed by atoms with van der Waals surface area (Å²) in [7, 11) is 0. The molecule has 0 aliphatic rings. The minimum Gasteiger partial charge on any atom is -0.505 e. The van der Waals surface area contributed by atoms with Gasteiger partial charge in [0.15, 0.2) is 11.4 Å². The number of aryl methyl sites for hydroxylation is 1. The van der Waals surface area contributed by atoms with Gasteiger partial charge in [-0.2, -0.15) is 9.78 Å². The van der Waals surface area contributed by atoms with Crippen molar-refractivity contribution in [3.05, 3.63) is 51.9 Å². The molecule has 0 aliphatic carbocycles. The van der Waals surface area contributed by atoms with Gasteiger partial charge in [0, 0.05) is 6.07 Å². The molecular weight excluding hydrogens is 338 g/mol. The third kappa shape index (κ3) is 4.08. The lowest BCUT2D eigenvalue weighted by molar-refractivity contribution is -0.140. The van der Waals surface area contributed by atoms with Crippen molar-refractivity contribution in [2.24, 2.45) is 5.92 Å². The Hall–Kier alpha value is -3.16. The topological polar surface area (TPSA) is 122 Å². The molecule has 0 fully saturated rings. The Morgan fingerprint density at radius 3 is 2.58 bits per heavy atom. The van der Waals surface area contributed by atoms with Gasteiger partial charge in [-0.05, 0) is 30.5 Å². The van der Waals surface area contributed by atoms with E-state index in [9.17, 15) is 24.6 Å². The van der Waals surface area contributed by atoms with E-state index < -0.39 is 34.9 Å². The number of carbonyl (C=O) groups is 2. The van der Waals surface area contributed by atoms with Crippen molar-refractivity contribution in [2.45, 2.75) is 33.2 Å². The lowest BCUT2D eigenvalue weighted by Crippen LogP contribution is -2.45. The summed E-state index contributed by atoms with van der Waals surface area (Å²) in [6.45, 7) is 5.34. The molecule has 1 heterocycles. The molecule has 3 N–H and O–H groups in total. The predicted molar refractivity (Wildman–Crippen MR) is 94.6 cm³/mol. The highest BCUT2D eigenvalue weighted by Gasteiger charge is 2.28. The van der Waals surface area contributed by atoms with E-state index in [1.807, 2.05) is 13.0 Å². The van der Waals surface area contributed by atoms with Crippen molar-refractivity contribution in [3.8, 4) is 11.4 Å². The highest BCUT2D eigenvalue weighted by Crippen LogP contribution is 2.15. The van der Waals surface area contributed by atoms with Gasteiger partial charge in [0.05, 0.1) is 5.69 Å². The van der Waals surface area contributed by atoms with Crippen LogP contribution in [0.5, 0.6) is 5.75 Å². The molecule has 0 aliphatic heterocycles. The molecular formula is C18H21N3O5. The van der Waals surface area contributed by atoms with E-state index in [-0.39, 0.29) is 5.92 Å². The van der Waals surface area contributed by atoms with Crippen molar-refractivity contribution >= 4 is 11.9 Å². The van der Waals surface area contributed by atoms with Crippen LogP contribution in [0.1, 0.15) is 36.3 Å². The Kier molecular flexibility index (Phi) is 5.76. The van der Waals surface area contributed by atoms with Crippen molar-refractivity contribution in [2.75, 3.05) is 0 Å². The number of aromatic hydroxyl groups is 1. The van der Waals surface area contributed by atoms with Gasteiger partial charge >= 0.3 is 5.97 Å². The normalized spacial score (nSPS) is 13.0. The third-order valence-electron chi connectivity index (χ3n) is 4.14. The van der Waals surface area contributed by atoms with E-state index in [1.165, 1.54) is 0 Å². The summed E-state index contributed by atoms with van der Waals surface area (Å²) in [5.74, 6) is -2.97. The fourth-order valence-electron chi connectivity index (χ4n) is 2.45. The minimum atomic E-state index is -1.18. The van der Waals surface area contributed by atoms with Gasteiger partial charge < -0.3 is 15.5 Å². The average Bonchev–Trinajstić information content (AvgIpc) is 2.58. The molecule has 138 valence electrons. The molecule has 2 atom stereocenters. The highest BCUT2D eigenvalue weighted by atomic mass is 16.4. The summed E-state index contributed by atoms with van der Waals surface area (Å²) in [6, 6.07) is 6.66. The molecule has 8 heteroatoms. The largest absolute Gasteiger partial charge is 0.505 e. The van der Waals surface area contributed by atoms with Gasteiger partial charge in [-0.1, -0.05) is 32.4 Å². The average molecular weight is 359 g/mol. The molecule has 1 aromatic carbocycles. The SMILES string of the molecule is CCC(C)C(NC(=O)c1nn(-c2cccc(C)c2)c(=O)cc1O)C(=O)O. The van der Waals surface area contributed by atoms with Gasteiger partial charge in [-0.15, -0.1) is 0 Å². The molecule has 0 saturated carbocycles. The zero-order chi connectivity index (χ0) is 19.4. The predicted octanol–water partition coefficient (Wildman–Crippen LogP) is 1.48. The molecule has 26 heavy (non-hydrogen) atoms. The van der Waals surface area contributed by atoms with Crippen LogP contribution in [0.3, 0.4) is 0 Å². The molecule has 0 radical (unpaired) electrons. The number of hydrogen-bond acceptors (Lipinski definition) is 5. The van der Waals surface area contributed by atoms with E-state index in [0.29, 0.717) is 12.1 Å². The van der Waals surface area contributed by atoms with Gasteiger partial charge in [0.1, 0.15) is 6.04 Å². The number of nitrogens with zero attached hydrogens (tertiary/aromatic N) is 2. The smallest absolute Gasteiger partial charge is 0.326 e. The lowest BCUT2D eigenvalue weighted by Gasteiger charge is -2.20. The molecule has 0 saturated heterocycles. The van der Waals surface area contributed by atoms with E-state index in [1.54, 1.807) is 32.0 Å². The Balaban J connectivity index is 2.43. The Morgan fingerprint density at radius 2 is 2.00 bits per heavy atom. The van der Waals surface area contributed by atoms with Crippen molar-refractivity contribution in [3.63, 3.8) is 0 Å². The number of aliphatic carboxylic acids is 1. The van der Waals surface area contributed by atoms with Crippen LogP contribution < -0.4 is 10.9 Å². The van der Waals surface area contributed by atoms with E-state index in [4.69, 9.17) is 0 Å². The molecule has 1 aromatic heterocycles. The van der Waals surface area contributed by atoms with Crippen LogP contribution in [0, 0.1) is 12.8 Å². The Bertz CT molecular complexity index is 891. The fraction of sp³-hybridized carbons (Fsp3) is 0.333. The van der Waals surface area contributed by atoms with Crippen LogP contribution in [-0.4, -0.2) is 37.9 Å². The number of carbonyl (C=O) groups excluding carboxylic acids is 1. The highest BCUT2D eigenvalue weighted by molar-refractivity contribution is 5.97. The van der Waals surface area contributed by atoms with Crippen molar-refractivity contribution < 1.29 is 19.8 Å². The molecule has 8 nitrogen and oxygen atoms in total. The zero-order valence-corrected chi connectivity index (χ0v) is 14.8. The maximum absolute atomic E-state index is 12.5. The van der Waals surface area contributed by atoms with Gasteiger partial charge in [-0.3, -0.25) is 9.59 Å². The second-order valence-corrected chi connectivity index (χ2v) is 6.14. The summed E-state index contributed by atoms with van der Waals surface area (Å²) < 4.78 is 0.987. The zero-order valence-electron chi connectivity index (χ0n) is 14.8. The van der Waals surface area contributed by atoms with Crippen LogP contribution in [0.4, 0.5) is 0 Å². The first-order chi connectivity index (χ1) is 12.2. The first-order valence-corrected chi connectivity index (χ1v) is 8.18. The number of benzene rings is 1. The van der Waals surface area contributed by atoms with E-state index in [2.05, 4.69) is 10.4 Å². The van der Waals surface area contributed by atoms with E-state index >= 15 is 0 Å². The summed E-state index contributed by atoms with van der Waals surface area (Å²) >= 11 is 0. The second kappa shape index (κ2) is 7.81. The molecule has 0 bridgehead atoms. The maximum Gasteiger partial charge on any atom is 0.326 e. The fourth-order valence-corrected chi connectivity index (χ4v) is 2.45. The number of carboxylic acid groups (broad SMARTS) is 1. The number of amides is 1. The number of rotatable bonds is 6.